The first-order chi connectivity index (χ1) is 4.70. The lowest BCUT2D eigenvalue weighted by atomic mass is 9.86. The summed E-state index contributed by atoms with van der Waals surface area (Å²) in [6, 6.07) is 0. The van der Waals surface area contributed by atoms with Gasteiger partial charge in [0.05, 0.1) is 0 Å². The maximum Gasteiger partial charge on any atom is 0.0496 e. The zero-order valence-corrected chi connectivity index (χ0v) is 7.26. The molecule has 1 heteroatoms. The first-order valence-electron chi connectivity index (χ1n) is 4.28. The highest BCUT2D eigenvalue weighted by Crippen LogP contribution is 2.24. The topological polar surface area (TPSA) is 9.23 Å². The van der Waals surface area contributed by atoms with Gasteiger partial charge in [-0.3, -0.25) is 0 Å². The van der Waals surface area contributed by atoms with E-state index in [0.717, 1.165) is 31.0 Å². The van der Waals surface area contributed by atoms with Crippen molar-refractivity contribution in [1.29, 1.82) is 0 Å². The summed E-state index contributed by atoms with van der Waals surface area (Å²) in [5.74, 6) is 2.38. The molecular weight excluding hydrogens is 124 g/mol. The fraction of sp³-hybridized carbons (Fsp3) is 1.00. The van der Waals surface area contributed by atoms with Gasteiger partial charge in [0.2, 0.25) is 0 Å². The molecule has 1 fully saturated rings. The molecule has 0 aromatic heterocycles. The molecule has 0 N–H and O–H groups in total. The molecular formula is C9H18O. The molecule has 1 saturated heterocycles. The molecule has 0 amide bonds. The van der Waals surface area contributed by atoms with Gasteiger partial charge in [-0.05, 0) is 24.2 Å². The highest BCUT2D eigenvalue weighted by atomic mass is 16.5. The van der Waals surface area contributed by atoms with E-state index in [2.05, 4.69) is 20.8 Å². The molecule has 0 bridgehead atoms. The predicted octanol–water partition coefficient (Wildman–Crippen LogP) is 2.32. The van der Waals surface area contributed by atoms with Crippen LogP contribution in [0.1, 0.15) is 27.2 Å². The van der Waals surface area contributed by atoms with Crippen LogP contribution in [0.5, 0.6) is 0 Å². The molecule has 1 aliphatic rings. The minimum absolute atomic E-state index is 0.779. The Bertz CT molecular complexity index is 98.9. The fourth-order valence-electron chi connectivity index (χ4n) is 1.54. The van der Waals surface area contributed by atoms with E-state index in [9.17, 15) is 0 Å². The summed E-state index contributed by atoms with van der Waals surface area (Å²) in [6.45, 7) is 8.80. The SMILES string of the molecule is CC1COCC(C(C)C)C1. The van der Waals surface area contributed by atoms with Gasteiger partial charge in [-0.15, -0.1) is 0 Å². The summed E-state index contributed by atoms with van der Waals surface area (Å²) in [5, 5.41) is 0. The molecule has 2 atom stereocenters. The van der Waals surface area contributed by atoms with Gasteiger partial charge < -0.3 is 4.74 Å². The second-order valence-corrected chi connectivity index (χ2v) is 3.88. The first-order valence-corrected chi connectivity index (χ1v) is 4.28. The molecule has 0 saturated carbocycles. The van der Waals surface area contributed by atoms with Crippen molar-refractivity contribution in [3.63, 3.8) is 0 Å². The largest absolute Gasteiger partial charge is 0.381 e. The molecule has 1 aliphatic heterocycles. The Balaban J connectivity index is 2.32. The van der Waals surface area contributed by atoms with E-state index in [4.69, 9.17) is 4.74 Å². The summed E-state index contributed by atoms with van der Waals surface area (Å²) in [6.07, 6.45) is 1.36. The van der Waals surface area contributed by atoms with Gasteiger partial charge in [0.15, 0.2) is 0 Å². The number of rotatable bonds is 1. The van der Waals surface area contributed by atoms with Gasteiger partial charge in [0.25, 0.3) is 0 Å². The monoisotopic (exact) mass is 142 g/mol. The van der Waals surface area contributed by atoms with E-state index in [1.807, 2.05) is 0 Å². The smallest absolute Gasteiger partial charge is 0.0496 e. The maximum atomic E-state index is 5.46. The van der Waals surface area contributed by atoms with Gasteiger partial charge in [-0.1, -0.05) is 20.8 Å². The lowest BCUT2D eigenvalue weighted by Gasteiger charge is -2.29. The minimum atomic E-state index is 0.779. The Morgan fingerprint density at radius 3 is 2.40 bits per heavy atom. The molecule has 0 aromatic rings. The zero-order chi connectivity index (χ0) is 7.56. The standard InChI is InChI=1S/C9H18O/c1-7(2)9-4-8(3)5-10-6-9/h7-9H,4-6H2,1-3H3. The molecule has 0 radical (unpaired) electrons. The van der Waals surface area contributed by atoms with Crippen molar-refractivity contribution in [2.45, 2.75) is 27.2 Å². The van der Waals surface area contributed by atoms with Crippen LogP contribution in [0.4, 0.5) is 0 Å². The van der Waals surface area contributed by atoms with Crippen LogP contribution in [0.15, 0.2) is 0 Å². The van der Waals surface area contributed by atoms with Crippen molar-refractivity contribution in [3.05, 3.63) is 0 Å². The second-order valence-electron chi connectivity index (χ2n) is 3.88. The Kier molecular flexibility index (Phi) is 2.72. The van der Waals surface area contributed by atoms with Gasteiger partial charge in [0, 0.05) is 13.2 Å². The van der Waals surface area contributed by atoms with Crippen LogP contribution in [0, 0.1) is 17.8 Å². The molecule has 1 nitrogen and oxygen atoms in total. The van der Waals surface area contributed by atoms with Gasteiger partial charge in [-0.25, -0.2) is 0 Å². The van der Waals surface area contributed by atoms with Crippen LogP contribution in [-0.2, 0) is 4.74 Å². The average Bonchev–Trinajstić information content (AvgIpc) is 1.88. The Hall–Kier alpha value is -0.0400. The molecule has 2 unspecified atom stereocenters. The molecule has 0 spiro atoms. The molecule has 0 aromatic carbocycles. The van der Waals surface area contributed by atoms with E-state index < -0.39 is 0 Å². The number of hydrogen-bond donors (Lipinski definition) is 0. The highest BCUT2D eigenvalue weighted by Gasteiger charge is 2.21. The normalized spacial score (nSPS) is 34.8. The summed E-state index contributed by atoms with van der Waals surface area (Å²) < 4.78 is 5.46. The average molecular weight is 142 g/mol. The number of ether oxygens (including phenoxy) is 1. The minimum Gasteiger partial charge on any atom is -0.381 e. The first kappa shape index (κ1) is 8.06. The Morgan fingerprint density at radius 1 is 1.30 bits per heavy atom. The van der Waals surface area contributed by atoms with Crippen LogP contribution in [-0.4, -0.2) is 13.2 Å². The van der Waals surface area contributed by atoms with Gasteiger partial charge >= 0.3 is 0 Å². The third-order valence-corrected chi connectivity index (χ3v) is 2.38. The van der Waals surface area contributed by atoms with E-state index >= 15 is 0 Å². The quantitative estimate of drug-likeness (QED) is 0.546. The van der Waals surface area contributed by atoms with E-state index in [-0.39, 0.29) is 0 Å². The molecule has 60 valence electrons. The predicted molar refractivity (Wildman–Crippen MR) is 42.9 cm³/mol. The number of hydrogen-bond acceptors (Lipinski definition) is 1. The van der Waals surface area contributed by atoms with Crippen LogP contribution >= 0.6 is 0 Å². The Morgan fingerprint density at radius 2 is 2.00 bits per heavy atom. The van der Waals surface area contributed by atoms with Crippen molar-refractivity contribution in [2.75, 3.05) is 13.2 Å². The maximum absolute atomic E-state index is 5.46. The van der Waals surface area contributed by atoms with E-state index in [1.54, 1.807) is 0 Å². The van der Waals surface area contributed by atoms with Crippen molar-refractivity contribution >= 4 is 0 Å². The van der Waals surface area contributed by atoms with Crippen LogP contribution < -0.4 is 0 Å². The van der Waals surface area contributed by atoms with Gasteiger partial charge in [0.1, 0.15) is 0 Å². The fourth-order valence-corrected chi connectivity index (χ4v) is 1.54. The van der Waals surface area contributed by atoms with Crippen LogP contribution in [0.2, 0.25) is 0 Å². The van der Waals surface area contributed by atoms with Crippen molar-refractivity contribution < 1.29 is 4.74 Å². The van der Waals surface area contributed by atoms with Gasteiger partial charge in [-0.2, -0.15) is 0 Å². The summed E-state index contributed by atoms with van der Waals surface area (Å²) in [5.41, 5.74) is 0. The molecule has 0 aliphatic carbocycles. The van der Waals surface area contributed by atoms with Crippen LogP contribution in [0.25, 0.3) is 0 Å². The summed E-state index contributed by atoms with van der Waals surface area (Å²) in [4.78, 5) is 0. The van der Waals surface area contributed by atoms with Crippen LogP contribution in [0.3, 0.4) is 0 Å². The highest BCUT2D eigenvalue weighted by molar-refractivity contribution is 4.70. The van der Waals surface area contributed by atoms with Crippen molar-refractivity contribution in [3.8, 4) is 0 Å². The molecule has 1 rings (SSSR count). The lowest BCUT2D eigenvalue weighted by molar-refractivity contribution is 0.00532. The summed E-state index contributed by atoms with van der Waals surface area (Å²) in [7, 11) is 0. The van der Waals surface area contributed by atoms with Crippen molar-refractivity contribution in [2.24, 2.45) is 17.8 Å². The van der Waals surface area contributed by atoms with E-state index in [1.165, 1.54) is 6.42 Å². The summed E-state index contributed by atoms with van der Waals surface area (Å²) >= 11 is 0. The molecule has 10 heavy (non-hydrogen) atoms. The lowest BCUT2D eigenvalue weighted by Crippen LogP contribution is -2.27. The zero-order valence-electron chi connectivity index (χ0n) is 7.26. The Labute approximate surface area is 63.8 Å². The van der Waals surface area contributed by atoms with E-state index in [0.29, 0.717) is 0 Å². The third kappa shape index (κ3) is 1.98. The van der Waals surface area contributed by atoms with Crippen molar-refractivity contribution in [1.82, 2.24) is 0 Å². The molecule has 1 heterocycles. The second kappa shape index (κ2) is 3.38. The third-order valence-electron chi connectivity index (χ3n) is 2.38.